The Morgan fingerprint density at radius 2 is 0.618 bits per heavy atom. The van der Waals surface area contributed by atoms with Gasteiger partial charge in [-0.2, -0.15) is 0 Å². The SMILES string of the molecule is c1ccc(-c2ccc3cc(-n4c5ccccc5c5cc(-c6ccc(-c7ccc8cc(-c9ccc%10ccccc%10c9)ccc8c7)cc6)ccc54)ccc3c2)cc1. The lowest BCUT2D eigenvalue weighted by Gasteiger charge is -2.11. The van der Waals surface area contributed by atoms with Crippen molar-refractivity contribution < 1.29 is 0 Å². The van der Waals surface area contributed by atoms with E-state index in [9.17, 15) is 0 Å². The van der Waals surface area contributed by atoms with E-state index < -0.39 is 0 Å². The number of rotatable bonds is 5. The van der Waals surface area contributed by atoms with E-state index in [0.717, 1.165) is 0 Å². The van der Waals surface area contributed by atoms with Crippen LogP contribution in [0.4, 0.5) is 0 Å². The van der Waals surface area contributed by atoms with Gasteiger partial charge in [0, 0.05) is 16.5 Å². The Kier molecular flexibility index (Phi) is 7.25. The van der Waals surface area contributed by atoms with E-state index in [2.05, 4.69) is 217 Å². The van der Waals surface area contributed by atoms with E-state index in [4.69, 9.17) is 0 Å². The van der Waals surface area contributed by atoms with Gasteiger partial charge in [0.15, 0.2) is 0 Å². The normalized spacial score (nSPS) is 11.6. The zero-order valence-corrected chi connectivity index (χ0v) is 30.2. The van der Waals surface area contributed by atoms with Gasteiger partial charge in [-0.1, -0.05) is 158 Å². The first kappa shape index (κ1) is 31.3. The number of para-hydroxylation sites is 1. The predicted molar refractivity (Wildman–Crippen MR) is 235 cm³/mol. The summed E-state index contributed by atoms with van der Waals surface area (Å²) in [7, 11) is 0. The van der Waals surface area contributed by atoms with Crippen molar-refractivity contribution in [2.24, 2.45) is 0 Å². The van der Waals surface area contributed by atoms with Crippen LogP contribution in [-0.4, -0.2) is 4.57 Å². The molecule has 0 spiro atoms. The summed E-state index contributed by atoms with van der Waals surface area (Å²) in [4.78, 5) is 0. The van der Waals surface area contributed by atoms with Crippen LogP contribution in [-0.2, 0) is 0 Å². The van der Waals surface area contributed by atoms with Crippen LogP contribution in [0.25, 0.3) is 104 Å². The number of hydrogen-bond donors (Lipinski definition) is 0. The molecule has 0 radical (unpaired) electrons. The summed E-state index contributed by atoms with van der Waals surface area (Å²) in [5.74, 6) is 0. The lowest BCUT2D eigenvalue weighted by Crippen LogP contribution is -1.94. The van der Waals surface area contributed by atoms with Crippen LogP contribution in [0, 0.1) is 0 Å². The number of fused-ring (bicyclic) bond motifs is 6. The second-order valence-electron chi connectivity index (χ2n) is 14.6. The summed E-state index contributed by atoms with van der Waals surface area (Å²) < 4.78 is 2.41. The molecule has 0 unspecified atom stereocenters. The molecule has 0 aliphatic carbocycles. The smallest absolute Gasteiger partial charge is 0.0541 e. The lowest BCUT2D eigenvalue weighted by molar-refractivity contribution is 1.19. The highest BCUT2D eigenvalue weighted by atomic mass is 15.0. The molecular weight excluding hydrogens is 663 g/mol. The van der Waals surface area contributed by atoms with Crippen molar-refractivity contribution in [3.8, 4) is 50.2 Å². The van der Waals surface area contributed by atoms with Crippen molar-refractivity contribution in [2.45, 2.75) is 0 Å². The molecule has 0 saturated carbocycles. The summed E-state index contributed by atoms with van der Waals surface area (Å²) in [6, 6.07) is 77.8. The van der Waals surface area contributed by atoms with Crippen LogP contribution in [0.3, 0.4) is 0 Å². The third-order valence-electron chi connectivity index (χ3n) is 11.3. The van der Waals surface area contributed by atoms with Crippen molar-refractivity contribution in [1.29, 1.82) is 0 Å². The van der Waals surface area contributed by atoms with E-state index in [1.807, 2.05) is 0 Å². The first-order chi connectivity index (χ1) is 27.2. The van der Waals surface area contributed by atoms with Crippen molar-refractivity contribution >= 4 is 54.1 Å². The van der Waals surface area contributed by atoms with Crippen LogP contribution in [0.15, 0.2) is 212 Å². The van der Waals surface area contributed by atoms with E-state index in [0.29, 0.717) is 0 Å². The van der Waals surface area contributed by atoms with Crippen LogP contribution in [0.2, 0.25) is 0 Å². The van der Waals surface area contributed by atoms with Crippen molar-refractivity contribution in [3.05, 3.63) is 212 Å². The summed E-state index contributed by atoms with van der Waals surface area (Å²) >= 11 is 0. The molecule has 1 heterocycles. The third-order valence-corrected chi connectivity index (χ3v) is 11.3. The summed E-state index contributed by atoms with van der Waals surface area (Å²) in [5, 5.41) is 10.0. The van der Waals surface area contributed by atoms with E-state index in [1.54, 1.807) is 0 Å². The highest BCUT2D eigenvalue weighted by Crippen LogP contribution is 2.37. The van der Waals surface area contributed by atoms with Crippen LogP contribution in [0.5, 0.6) is 0 Å². The summed E-state index contributed by atoms with van der Waals surface area (Å²) in [5.41, 5.74) is 13.4. The molecule has 0 N–H and O–H groups in total. The monoisotopic (exact) mass is 697 g/mol. The maximum absolute atomic E-state index is 2.41. The maximum atomic E-state index is 2.41. The third kappa shape index (κ3) is 5.48. The molecule has 0 aliphatic rings. The van der Waals surface area contributed by atoms with Gasteiger partial charge in [0.25, 0.3) is 0 Å². The number of aromatic nitrogens is 1. The molecule has 0 fully saturated rings. The molecule has 11 rings (SSSR count). The Morgan fingerprint density at radius 1 is 0.218 bits per heavy atom. The first-order valence-corrected chi connectivity index (χ1v) is 19.0. The van der Waals surface area contributed by atoms with Gasteiger partial charge in [-0.3, -0.25) is 0 Å². The molecule has 0 amide bonds. The van der Waals surface area contributed by atoms with Gasteiger partial charge in [-0.25, -0.2) is 0 Å². The molecule has 55 heavy (non-hydrogen) atoms. The molecule has 1 aromatic heterocycles. The Bertz CT molecular complexity index is 3240. The fraction of sp³-hybridized carbons (Fsp3) is 0. The van der Waals surface area contributed by atoms with Crippen LogP contribution in [0.1, 0.15) is 0 Å². The Hall–Kier alpha value is -7.22. The molecule has 10 aromatic carbocycles. The largest absolute Gasteiger partial charge is 0.309 e. The summed E-state index contributed by atoms with van der Waals surface area (Å²) in [6.07, 6.45) is 0. The van der Waals surface area contributed by atoms with E-state index in [1.165, 1.54) is 104 Å². The van der Waals surface area contributed by atoms with Gasteiger partial charge in [-0.15, -0.1) is 0 Å². The molecule has 1 nitrogen and oxygen atoms in total. The quantitative estimate of drug-likeness (QED) is 0.169. The molecule has 1 heteroatoms. The van der Waals surface area contributed by atoms with Gasteiger partial charge in [-0.05, 0) is 131 Å². The van der Waals surface area contributed by atoms with Crippen molar-refractivity contribution in [3.63, 3.8) is 0 Å². The molecule has 0 atom stereocenters. The second kappa shape index (κ2) is 12.7. The molecule has 0 saturated heterocycles. The molecule has 0 bridgehead atoms. The molecular formula is C54H35N. The maximum Gasteiger partial charge on any atom is 0.0541 e. The van der Waals surface area contributed by atoms with Crippen molar-refractivity contribution in [2.75, 3.05) is 0 Å². The fourth-order valence-electron chi connectivity index (χ4n) is 8.44. The minimum Gasteiger partial charge on any atom is -0.309 e. The zero-order valence-electron chi connectivity index (χ0n) is 30.2. The van der Waals surface area contributed by atoms with E-state index >= 15 is 0 Å². The number of nitrogens with zero attached hydrogens (tertiary/aromatic N) is 1. The van der Waals surface area contributed by atoms with Gasteiger partial charge < -0.3 is 4.57 Å². The topological polar surface area (TPSA) is 4.93 Å². The Morgan fingerprint density at radius 3 is 1.27 bits per heavy atom. The minimum atomic E-state index is 1.17. The highest BCUT2D eigenvalue weighted by molar-refractivity contribution is 6.11. The van der Waals surface area contributed by atoms with Crippen LogP contribution < -0.4 is 0 Å². The molecule has 256 valence electrons. The Labute approximate surface area is 320 Å². The van der Waals surface area contributed by atoms with Gasteiger partial charge in [0.2, 0.25) is 0 Å². The summed E-state index contributed by atoms with van der Waals surface area (Å²) in [6.45, 7) is 0. The predicted octanol–water partition coefficient (Wildman–Crippen LogP) is 14.9. The average molecular weight is 698 g/mol. The van der Waals surface area contributed by atoms with Crippen LogP contribution >= 0.6 is 0 Å². The fourth-order valence-corrected chi connectivity index (χ4v) is 8.44. The Balaban J connectivity index is 0.905. The number of hydrogen-bond acceptors (Lipinski definition) is 0. The van der Waals surface area contributed by atoms with Gasteiger partial charge in [0.1, 0.15) is 0 Å². The van der Waals surface area contributed by atoms with Gasteiger partial charge in [0.05, 0.1) is 11.0 Å². The lowest BCUT2D eigenvalue weighted by atomic mass is 9.95. The average Bonchev–Trinajstić information content (AvgIpc) is 3.59. The molecule has 0 aliphatic heterocycles. The zero-order chi connectivity index (χ0) is 36.3. The van der Waals surface area contributed by atoms with Crippen molar-refractivity contribution in [1.82, 2.24) is 4.57 Å². The minimum absolute atomic E-state index is 1.17. The second-order valence-corrected chi connectivity index (χ2v) is 14.6. The molecule has 11 aromatic rings. The standard InChI is InChI=1S/C54H35N/c1-2-8-36(9-3-1)41-21-25-48-34-50(28-26-47(48)31-41)55-53-13-7-6-12-51(53)52-35-49(27-29-54(52)55)39-16-14-38(15-17-39)42-20-22-45-33-46(24-23-44(45)32-42)43-19-18-37-10-4-5-11-40(37)30-43/h1-35H. The first-order valence-electron chi connectivity index (χ1n) is 19.0. The highest BCUT2D eigenvalue weighted by Gasteiger charge is 2.14. The number of benzene rings is 10. The van der Waals surface area contributed by atoms with E-state index in [-0.39, 0.29) is 0 Å². The van der Waals surface area contributed by atoms with Gasteiger partial charge >= 0.3 is 0 Å².